The second-order valence-corrected chi connectivity index (χ2v) is 7.66. The number of nitrogens with zero attached hydrogens (tertiary/aromatic N) is 5. The highest BCUT2D eigenvalue weighted by Gasteiger charge is 2.39. The van der Waals surface area contributed by atoms with Gasteiger partial charge in [-0.3, -0.25) is 4.79 Å². The fraction of sp³-hybridized carbons (Fsp3) is 0.476. The van der Waals surface area contributed by atoms with Crippen LogP contribution in [0.5, 0.6) is 0 Å². The Labute approximate surface area is 169 Å². The first-order valence-corrected chi connectivity index (χ1v) is 9.88. The zero-order valence-electron chi connectivity index (χ0n) is 17.0. The number of aromatic nitrogens is 4. The largest absolute Gasteiger partial charge is 0.389 e. The number of benzene rings is 1. The molecule has 0 bridgehead atoms. The Morgan fingerprint density at radius 2 is 2.14 bits per heavy atom. The normalized spacial score (nSPS) is 21.7. The topological polar surface area (TPSA) is 85.4 Å². The van der Waals surface area contributed by atoms with Crippen molar-refractivity contribution in [3.8, 4) is 0 Å². The number of likely N-dealkylation sites (N-methyl/N-ethyl adjacent to an activating group) is 1. The Hall–Kier alpha value is -2.71. The van der Waals surface area contributed by atoms with E-state index >= 15 is 0 Å². The van der Waals surface area contributed by atoms with Crippen LogP contribution in [0.25, 0.3) is 11.0 Å². The van der Waals surface area contributed by atoms with Crippen LogP contribution in [0.15, 0.2) is 36.7 Å². The van der Waals surface area contributed by atoms with Gasteiger partial charge in [-0.1, -0.05) is 12.1 Å². The van der Waals surface area contributed by atoms with Gasteiger partial charge in [-0.15, -0.1) is 0 Å². The molecule has 1 fully saturated rings. The lowest BCUT2D eigenvalue weighted by Crippen LogP contribution is -2.45. The molecule has 29 heavy (non-hydrogen) atoms. The number of aliphatic hydroxyl groups is 1. The summed E-state index contributed by atoms with van der Waals surface area (Å²) in [5.41, 5.74) is 1.94. The fourth-order valence-corrected chi connectivity index (χ4v) is 4.24. The highest BCUT2D eigenvalue weighted by molar-refractivity contribution is 5.78. The lowest BCUT2D eigenvalue weighted by Gasteiger charge is -2.29. The second-order valence-electron chi connectivity index (χ2n) is 7.66. The van der Waals surface area contributed by atoms with E-state index in [9.17, 15) is 9.90 Å². The first kappa shape index (κ1) is 19.6. The van der Waals surface area contributed by atoms with Crippen LogP contribution in [0, 0.1) is 6.92 Å². The van der Waals surface area contributed by atoms with E-state index in [0.29, 0.717) is 0 Å². The molecule has 3 aromatic rings. The van der Waals surface area contributed by atoms with Crippen molar-refractivity contribution in [1.82, 2.24) is 24.0 Å². The van der Waals surface area contributed by atoms with E-state index in [1.807, 2.05) is 53.6 Å². The SMILES string of the molecule is Cc1nccn1[C@@H]1CC[C@@H](N(C)C(=O)COCc2nc3ccccc3n2C)[C@H]1O. The maximum atomic E-state index is 12.6. The van der Waals surface area contributed by atoms with Crippen LogP contribution in [0.3, 0.4) is 0 Å². The Morgan fingerprint density at radius 1 is 1.34 bits per heavy atom. The summed E-state index contributed by atoms with van der Waals surface area (Å²) in [6.45, 7) is 2.14. The summed E-state index contributed by atoms with van der Waals surface area (Å²) < 4.78 is 9.62. The third-order valence-corrected chi connectivity index (χ3v) is 5.99. The van der Waals surface area contributed by atoms with Crippen molar-refractivity contribution in [2.75, 3.05) is 13.7 Å². The number of carbonyl (C=O) groups is 1. The average Bonchev–Trinajstić information content (AvgIpc) is 3.39. The van der Waals surface area contributed by atoms with Gasteiger partial charge in [0, 0.05) is 26.5 Å². The van der Waals surface area contributed by atoms with Gasteiger partial charge in [0.25, 0.3) is 0 Å². The van der Waals surface area contributed by atoms with Crippen LogP contribution in [-0.4, -0.2) is 60.8 Å². The van der Waals surface area contributed by atoms with Gasteiger partial charge in [-0.25, -0.2) is 9.97 Å². The lowest BCUT2D eigenvalue weighted by molar-refractivity contribution is -0.139. The van der Waals surface area contributed by atoms with E-state index < -0.39 is 6.10 Å². The van der Waals surface area contributed by atoms with Crippen LogP contribution in [-0.2, 0) is 23.2 Å². The maximum Gasteiger partial charge on any atom is 0.248 e. The van der Waals surface area contributed by atoms with Crippen LogP contribution in [0.2, 0.25) is 0 Å². The molecule has 0 spiro atoms. The van der Waals surface area contributed by atoms with Gasteiger partial charge >= 0.3 is 0 Å². The number of aryl methyl sites for hydroxylation is 2. The molecule has 8 nitrogen and oxygen atoms in total. The Balaban J connectivity index is 1.34. The summed E-state index contributed by atoms with van der Waals surface area (Å²) in [4.78, 5) is 23.0. The van der Waals surface area contributed by atoms with Crippen molar-refractivity contribution >= 4 is 16.9 Å². The van der Waals surface area contributed by atoms with Crippen molar-refractivity contribution in [3.05, 3.63) is 48.3 Å². The molecule has 1 aliphatic rings. The third kappa shape index (κ3) is 3.65. The van der Waals surface area contributed by atoms with E-state index in [4.69, 9.17) is 4.74 Å². The number of hydrogen-bond donors (Lipinski definition) is 1. The molecule has 1 amide bonds. The van der Waals surface area contributed by atoms with Crippen molar-refractivity contribution in [2.24, 2.45) is 7.05 Å². The zero-order valence-corrected chi connectivity index (χ0v) is 17.0. The predicted molar refractivity (Wildman–Crippen MR) is 108 cm³/mol. The van der Waals surface area contributed by atoms with Gasteiger partial charge in [0.05, 0.1) is 29.2 Å². The van der Waals surface area contributed by atoms with Crippen molar-refractivity contribution < 1.29 is 14.6 Å². The highest BCUT2D eigenvalue weighted by Crippen LogP contribution is 2.33. The van der Waals surface area contributed by atoms with Gasteiger partial charge in [-0.2, -0.15) is 0 Å². The van der Waals surface area contributed by atoms with Gasteiger partial charge in [0.2, 0.25) is 5.91 Å². The first-order valence-electron chi connectivity index (χ1n) is 9.88. The molecule has 1 aromatic carbocycles. The van der Waals surface area contributed by atoms with E-state index in [0.717, 1.165) is 35.5 Å². The van der Waals surface area contributed by atoms with Crippen molar-refractivity contribution in [2.45, 2.75) is 44.6 Å². The molecule has 1 aliphatic carbocycles. The van der Waals surface area contributed by atoms with E-state index in [-0.39, 0.29) is 31.2 Å². The molecular formula is C21H27N5O3. The number of fused-ring (bicyclic) bond motifs is 1. The lowest BCUT2D eigenvalue weighted by atomic mass is 10.1. The monoisotopic (exact) mass is 397 g/mol. The number of hydrogen-bond acceptors (Lipinski definition) is 5. The summed E-state index contributed by atoms with van der Waals surface area (Å²) in [6, 6.07) is 7.59. The number of ether oxygens (including phenoxy) is 1. The Bertz CT molecular complexity index is 1010. The number of amides is 1. The number of rotatable bonds is 6. The fourth-order valence-electron chi connectivity index (χ4n) is 4.24. The minimum Gasteiger partial charge on any atom is -0.389 e. The Morgan fingerprint density at radius 3 is 2.86 bits per heavy atom. The molecule has 154 valence electrons. The Kier molecular flexibility index (Phi) is 5.38. The molecule has 0 saturated heterocycles. The molecule has 1 saturated carbocycles. The average molecular weight is 397 g/mol. The molecule has 0 unspecified atom stereocenters. The van der Waals surface area contributed by atoms with E-state index in [1.165, 1.54) is 0 Å². The van der Waals surface area contributed by atoms with Gasteiger partial charge in [0.1, 0.15) is 24.9 Å². The number of aliphatic hydroxyl groups excluding tert-OH is 1. The smallest absolute Gasteiger partial charge is 0.248 e. The number of carbonyl (C=O) groups excluding carboxylic acids is 1. The summed E-state index contributed by atoms with van der Waals surface area (Å²) in [6.07, 6.45) is 4.54. The summed E-state index contributed by atoms with van der Waals surface area (Å²) in [7, 11) is 3.67. The zero-order chi connectivity index (χ0) is 20.5. The van der Waals surface area contributed by atoms with Gasteiger partial charge in [-0.05, 0) is 31.9 Å². The maximum absolute atomic E-state index is 12.6. The van der Waals surface area contributed by atoms with Crippen LogP contribution < -0.4 is 0 Å². The third-order valence-electron chi connectivity index (χ3n) is 5.99. The van der Waals surface area contributed by atoms with Crippen LogP contribution in [0.1, 0.15) is 30.5 Å². The first-order chi connectivity index (χ1) is 14.0. The number of para-hydroxylation sites is 2. The standard InChI is InChI=1S/C21H27N5O3/c1-14-22-10-11-26(14)18-9-8-17(21(18)28)25(3)20(27)13-29-12-19-23-15-6-4-5-7-16(15)24(19)2/h4-7,10-11,17-18,21,28H,8-9,12-13H2,1-3H3/t17-,18-,21-/m1/s1. The second kappa shape index (κ2) is 7.96. The molecule has 8 heteroatoms. The summed E-state index contributed by atoms with van der Waals surface area (Å²) in [5, 5.41) is 10.8. The molecular weight excluding hydrogens is 370 g/mol. The molecule has 4 rings (SSSR count). The number of imidazole rings is 2. The minimum atomic E-state index is -0.628. The van der Waals surface area contributed by atoms with Crippen LogP contribution in [0.4, 0.5) is 0 Å². The van der Waals surface area contributed by atoms with Crippen molar-refractivity contribution in [1.29, 1.82) is 0 Å². The van der Waals surface area contributed by atoms with Crippen molar-refractivity contribution in [3.63, 3.8) is 0 Å². The summed E-state index contributed by atoms with van der Waals surface area (Å²) >= 11 is 0. The molecule has 1 N–H and O–H groups in total. The quantitative estimate of drug-likeness (QED) is 0.686. The van der Waals surface area contributed by atoms with Gasteiger partial charge in [0.15, 0.2) is 0 Å². The molecule has 2 aromatic heterocycles. The van der Waals surface area contributed by atoms with E-state index in [1.54, 1.807) is 18.1 Å². The highest BCUT2D eigenvalue weighted by atomic mass is 16.5. The summed E-state index contributed by atoms with van der Waals surface area (Å²) in [5.74, 6) is 1.50. The molecule has 0 aliphatic heterocycles. The van der Waals surface area contributed by atoms with E-state index in [2.05, 4.69) is 9.97 Å². The molecule has 3 atom stereocenters. The van der Waals surface area contributed by atoms with Crippen LogP contribution >= 0.6 is 0 Å². The predicted octanol–water partition coefficient (Wildman–Crippen LogP) is 1.82. The molecule has 2 heterocycles. The molecule has 0 radical (unpaired) electrons. The minimum absolute atomic E-state index is 0.0440. The van der Waals surface area contributed by atoms with Gasteiger partial charge < -0.3 is 23.9 Å².